The summed E-state index contributed by atoms with van der Waals surface area (Å²) in [6.45, 7) is 2.65. The first-order valence-corrected chi connectivity index (χ1v) is 7.49. The zero-order chi connectivity index (χ0) is 16.2. The van der Waals surface area contributed by atoms with Gasteiger partial charge in [-0.1, -0.05) is 25.1 Å². The lowest BCUT2D eigenvalue weighted by Crippen LogP contribution is -2.14. The van der Waals surface area contributed by atoms with Crippen LogP contribution >= 0.6 is 0 Å². The first kappa shape index (κ1) is 15.0. The summed E-state index contributed by atoms with van der Waals surface area (Å²) in [6.07, 6.45) is 0.915. The van der Waals surface area contributed by atoms with Crippen molar-refractivity contribution in [1.82, 2.24) is 0 Å². The van der Waals surface area contributed by atoms with Crippen LogP contribution in [0.2, 0.25) is 0 Å². The Balaban J connectivity index is 1.93. The zero-order valence-corrected chi connectivity index (χ0v) is 12.7. The standard InChI is InChI=1S/C19H16O4/c1-2-11-22-15-9-7-13(8-10-15)18(20)16-12-14-5-3-4-6-17(14)23-19(16)21/h3-10,12H,2,11H2,1H3. The third-order valence-electron chi connectivity index (χ3n) is 3.48. The van der Waals surface area contributed by atoms with E-state index in [1.54, 1.807) is 48.5 Å². The van der Waals surface area contributed by atoms with Gasteiger partial charge in [0.2, 0.25) is 0 Å². The van der Waals surface area contributed by atoms with E-state index in [0.717, 1.165) is 11.8 Å². The van der Waals surface area contributed by atoms with E-state index in [2.05, 4.69) is 0 Å². The minimum Gasteiger partial charge on any atom is -0.494 e. The van der Waals surface area contributed by atoms with E-state index < -0.39 is 5.63 Å². The first-order valence-electron chi connectivity index (χ1n) is 7.49. The van der Waals surface area contributed by atoms with Crippen molar-refractivity contribution in [2.45, 2.75) is 13.3 Å². The average Bonchev–Trinajstić information content (AvgIpc) is 2.59. The highest BCUT2D eigenvalue weighted by molar-refractivity contribution is 6.09. The van der Waals surface area contributed by atoms with E-state index in [1.165, 1.54) is 0 Å². The molecule has 1 heterocycles. The summed E-state index contributed by atoms with van der Waals surface area (Å²) in [7, 11) is 0. The zero-order valence-electron chi connectivity index (χ0n) is 12.7. The van der Waals surface area contributed by atoms with Crippen molar-refractivity contribution in [3.63, 3.8) is 0 Å². The average molecular weight is 308 g/mol. The summed E-state index contributed by atoms with van der Waals surface area (Å²) in [5.41, 5.74) is 0.305. The maximum atomic E-state index is 12.5. The second kappa shape index (κ2) is 6.48. The van der Waals surface area contributed by atoms with Crippen molar-refractivity contribution >= 4 is 16.8 Å². The monoisotopic (exact) mass is 308 g/mol. The van der Waals surface area contributed by atoms with E-state index in [1.807, 2.05) is 13.0 Å². The maximum absolute atomic E-state index is 12.5. The predicted octanol–water partition coefficient (Wildman–Crippen LogP) is 3.81. The molecule has 23 heavy (non-hydrogen) atoms. The predicted molar refractivity (Wildman–Crippen MR) is 88.1 cm³/mol. The van der Waals surface area contributed by atoms with Gasteiger partial charge in [0, 0.05) is 10.9 Å². The van der Waals surface area contributed by atoms with Crippen molar-refractivity contribution in [2.75, 3.05) is 6.61 Å². The summed E-state index contributed by atoms with van der Waals surface area (Å²) in [5.74, 6) is 0.348. The topological polar surface area (TPSA) is 56.5 Å². The summed E-state index contributed by atoms with van der Waals surface area (Å²) >= 11 is 0. The van der Waals surface area contributed by atoms with Crippen molar-refractivity contribution < 1.29 is 13.9 Å². The van der Waals surface area contributed by atoms with Gasteiger partial charge in [0.1, 0.15) is 16.9 Å². The molecule has 4 heteroatoms. The Bertz CT molecular complexity index is 891. The highest BCUT2D eigenvalue weighted by atomic mass is 16.5. The fourth-order valence-electron chi connectivity index (χ4n) is 2.30. The van der Waals surface area contributed by atoms with Gasteiger partial charge in [-0.05, 0) is 42.8 Å². The van der Waals surface area contributed by atoms with Crippen LogP contribution in [0, 0.1) is 0 Å². The SMILES string of the molecule is CCCOc1ccc(C(=O)c2cc3ccccc3oc2=O)cc1. The molecule has 0 radical (unpaired) electrons. The summed E-state index contributed by atoms with van der Waals surface area (Å²) in [4.78, 5) is 24.6. The molecule has 0 atom stereocenters. The molecule has 0 aliphatic heterocycles. The number of carbonyl (C=O) groups excluding carboxylic acids is 1. The molecular weight excluding hydrogens is 292 g/mol. The van der Waals surface area contributed by atoms with Crippen LogP contribution in [0.15, 0.2) is 63.8 Å². The van der Waals surface area contributed by atoms with Crippen LogP contribution in [0.5, 0.6) is 5.75 Å². The Kier molecular flexibility index (Phi) is 4.24. The Morgan fingerprint density at radius 3 is 2.57 bits per heavy atom. The minimum atomic E-state index is -0.625. The van der Waals surface area contributed by atoms with Gasteiger partial charge in [-0.15, -0.1) is 0 Å². The molecule has 0 fully saturated rings. The Morgan fingerprint density at radius 2 is 1.83 bits per heavy atom. The smallest absolute Gasteiger partial charge is 0.347 e. The van der Waals surface area contributed by atoms with Gasteiger partial charge in [-0.25, -0.2) is 4.79 Å². The third kappa shape index (κ3) is 3.16. The molecule has 0 aliphatic rings. The van der Waals surface area contributed by atoms with E-state index in [9.17, 15) is 9.59 Å². The highest BCUT2D eigenvalue weighted by Crippen LogP contribution is 2.17. The number of ether oxygens (including phenoxy) is 1. The van der Waals surface area contributed by atoms with Gasteiger partial charge in [0.25, 0.3) is 0 Å². The molecule has 0 bridgehead atoms. The number of rotatable bonds is 5. The Morgan fingerprint density at radius 1 is 1.09 bits per heavy atom. The van der Waals surface area contributed by atoms with Crippen LogP contribution in [-0.2, 0) is 0 Å². The first-order chi connectivity index (χ1) is 11.2. The molecule has 3 aromatic rings. The number of carbonyl (C=O) groups is 1. The number of fused-ring (bicyclic) bond motifs is 1. The normalized spacial score (nSPS) is 10.7. The highest BCUT2D eigenvalue weighted by Gasteiger charge is 2.15. The number of hydrogen-bond donors (Lipinski definition) is 0. The molecule has 4 nitrogen and oxygen atoms in total. The van der Waals surface area contributed by atoms with Crippen LogP contribution in [0.1, 0.15) is 29.3 Å². The van der Waals surface area contributed by atoms with Gasteiger partial charge in [0.05, 0.1) is 6.61 Å². The van der Waals surface area contributed by atoms with Crippen LogP contribution < -0.4 is 10.4 Å². The number of hydrogen-bond acceptors (Lipinski definition) is 4. The summed E-state index contributed by atoms with van der Waals surface area (Å²) in [6, 6.07) is 15.5. The molecule has 3 rings (SSSR count). The van der Waals surface area contributed by atoms with E-state index in [0.29, 0.717) is 23.5 Å². The van der Waals surface area contributed by atoms with Crippen molar-refractivity contribution in [3.8, 4) is 5.75 Å². The van der Waals surface area contributed by atoms with Gasteiger partial charge in [-0.3, -0.25) is 4.79 Å². The van der Waals surface area contributed by atoms with E-state index >= 15 is 0 Å². The lowest BCUT2D eigenvalue weighted by molar-refractivity contribution is 0.103. The summed E-state index contributed by atoms with van der Waals surface area (Å²) in [5, 5.41) is 0.721. The molecule has 0 saturated heterocycles. The molecule has 0 aliphatic carbocycles. The van der Waals surface area contributed by atoms with Crippen LogP contribution in [0.4, 0.5) is 0 Å². The van der Waals surface area contributed by atoms with Crippen molar-refractivity contribution in [2.24, 2.45) is 0 Å². The van der Waals surface area contributed by atoms with Gasteiger partial charge in [0.15, 0.2) is 5.78 Å². The van der Waals surface area contributed by atoms with Crippen LogP contribution in [0.3, 0.4) is 0 Å². The molecule has 0 saturated carbocycles. The molecule has 116 valence electrons. The molecule has 2 aromatic carbocycles. The van der Waals surface area contributed by atoms with Crippen LogP contribution in [-0.4, -0.2) is 12.4 Å². The maximum Gasteiger partial charge on any atom is 0.347 e. The Hall–Kier alpha value is -2.88. The largest absolute Gasteiger partial charge is 0.494 e. The van der Waals surface area contributed by atoms with Gasteiger partial charge >= 0.3 is 5.63 Å². The van der Waals surface area contributed by atoms with Crippen molar-refractivity contribution in [3.05, 3.63) is 76.1 Å². The molecule has 1 aromatic heterocycles. The van der Waals surface area contributed by atoms with Gasteiger partial charge < -0.3 is 9.15 Å². The van der Waals surface area contributed by atoms with Gasteiger partial charge in [-0.2, -0.15) is 0 Å². The quantitative estimate of drug-likeness (QED) is 0.531. The lowest BCUT2D eigenvalue weighted by atomic mass is 10.0. The van der Waals surface area contributed by atoms with Crippen LogP contribution in [0.25, 0.3) is 11.0 Å². The number of para-hydroxylation sites is 1. The fourth-order valence-corrected chi connectivity index (χ4v) is 2.30. The molecule has 0 unspecified atom stereocenters. The molecule has 0 amide bonds. The second-order valence-corrected chi connectivity index (χ2v) is 5.19. The second-order valence-electron chi connectivity index (χ2n) is 5.19. The molecule has 0 spiro atoms. The third-order valence-corrected chi connectivity index (χ3v) is 3.48. The Labute approximate surface area is 133 Å². The van der Waals surface area contributed by atoms with E-state index in [4.69, 9.17) is 9.15 Å². The summed E-state index contributed by atoms with van der Waals surface area (Å²) < 4.78 is 10.7. The van der Waals surface area contributed by atoms with E-state index in [-0.39, 0.29) is 11.3 Å². The lowest BCUT2D eigenvalue weighted by Gasteiger charge is -2.05. The number of ketones is 1. The molecular formula is C19H16O4. The minimum absolute atomic E-state index is 0.0333. The molecule has 0 N–H and O–H groups in total. The fraction of sp³-hybridized carbons (Fsp3) is 0.158. The number of benzene rings is 2. The van der Waals surface area contributed by atoms with Crippen molar-refractivity contribution in [1.29, 1.82) is 0 Å².